The molecule has 0 aliphatic rings. The van der Waals surface area contributed by atoms with Crippen molar-refractivity contribution in [3.05, 3.63) is 29.8 Å². The molecule has 0 saturated heterocycles. The molecular formula is C21H35IO7S. The first-order valence-corrected chi connectivity index (χ1v) is 13.3. The Morgan fingerprint density at radius 3 is 1.67 bits per heavy atom. The normalized spacial score (nSPS) is 11.8. The molecule has 0 radical (unpaired) electrons. The van der Waals surface area contributed by atoms with Gasteiger partial charge in [-0.1, -0.05) is 53.1 Å². The van der Waals surface area contributed by atoms with Crippen LogP contribution in [0.4, 0.5) is 0 Å². The van der Waals surface area contributed by atoms with E-state index in [-0.39, 0.29) is 18.1 Å². The molecule has 0 aliphatic carbocycles. The van der Waals surface area contributed by atoms with Crippen LogP contribution in [0.2, 0.25) is 0 Å². The zero-order valence-electron chi connectivity index (χ0n) is 17.9. The Morgan fingerprint density at radius 1 is 0.667 bits per heavy atom. The number of unbranched alkanes of at least 4 members (excludes halogenated alkanes) is 3. The van der Waals surface area contributed by atoms with E-state index in [1.807, 2.05) is 6.92 Å². The van der Waals surface area contributed by atoms with E-state index in [1.165, 1.54) is 35.8 Å². The monoisotopic (exact) mass is 558 g/mol. The lowest BCUT2D eigenvalue weighted by Crippen LogP contribution is -2.15. The Bertz CT molecular complexity index is 623. The maximum Gasteiger partial charge on any atom is 0.297 e. The van der Waals surface area contributed by atoms with Crippen molar-refractivity contribution in [2.75, 3.05) is 63.9 Å². The second kappa shape index (κ2) is 18.3. The predicted molar refractivity (Wildman–Crippen MR) is 125 cm³/mol. The molecular weight excluding hydrogens is 523 g/mol. The van der Waals surface area contributed by atoms with Gasteiger partial charge in [0.1, 0.15) is 0 Å². The summed E-state index contributed by atoms with van der Waals surface area (Å²) in [5.41, 5.74) is 0.990. The summed E-state index contributed by atoms with van der Waals surface area (Å²) in [5.74, 6) is 0. The highest BCUT2D eigenvalue weighted by Crippen LogP contribution is 2.12. The van der Waals surface area contributed by atoms with Crippen LogP contribution >= 0.6 is 22.6 Å². The predicted octanol–water partition coefficient (Wildman–Crippen LogP) is 3.76. The molecule has 0 amide bonds. The minimum Gasteiger partial charge on any atom is -0.379 e. The van der Waals surface area contributed by atoms with Gasteiger partial charge in [0.2, 0.25) is 0 Å². The number of halogens is 1. The highest BCUT2D eigenvalue weighted by Gasteiger charge is 2.14. The number of benzene rings is 1. The van der Waals surface area contributed by atoms with Gasteiger partial charge in [0.15, 0.2) is 0 Å². The lowest BCUT2D eigenvalue weighted by molar-refractivity contribution is -0.00467. The van der Waals surface area contributed by atoms with Crippen LogP contribution in [0.3, 0.4) is 0 Å². The summed E-state index contributed by atoms with van der Waals surface area (Å²) in [6.45, 7) is 5.81. The average Bonchev–Trinajstić information content (AvgIpc) is 2.73. The van der Waals surface area contributed by atoms with E-state index in [9.17, 15) is 8.42 Å². The van der Waals surface area contributed by atoms with Crippen LogP contribution in [0.25, 0.3) is 0 Å². The minimum atomic E-state index is -3.74. The summed E-state index contributed by atoms with van der Waals surface area (Å²) >= 11 is 2.40. The van der Waals surface area contributed by atoms with Crippen LogP contribution in [0.5, 0.6) is 0 Å². The van der Waals surface area contributed by atoms with Crippen molar-refractivity contribution in [1.82, 2.24) is 0 Å². The zero-order chi connectivity index (χ0) is 21.9. The molecule has 1 aromatic carbocycles. The van der Waals surface area contributed by atoms with Gasteiger partial charge in [-0.25, -0.2) is 0 Å². The quantitative estimate of drug-likeness (QED) is 0.104. The third-order valence-corrected chi connectivity index (χ3v) is 6.15. The number of hydrogen-bond donors (Lipinski definition) is 0. The smallest absolute Gasteiger partial charge is 0.297 e. The van der Waals surface area contributed by atoms with Gasteiger partial charge in [-0.15, -0.1) is 0 Å². The fourth-order valence-corrected chi connectivity index (χ4v) is 3.82. The second-order valence-electron chi connectivity index (χ2n) is 6.64. The van der Waals surface area contributed by atoms with Gasteiger partial charge in [-0.05, 0) is 36.3 Å². The second-order valence-corrected chi connectivity index (χ2v) is 9.34. The summed E-state index contributed by atoms with van der Waals surface area (Å²) in [6.07, 6.45) is 4.92. The van der Waals surface area contributed by atoms with Crippen LogP contribution in [0.1, 0.15) is 31.2 Å². The van der Waals surface area contributed by atoms with Crippen LogP contribution in [-0.2, 0) is 33.2 Å². The molecule has 7 nitrogen and oxygen atoms in total. The molecule has 30 heavy (non-hydrogen) atoms. The number of ether oxygens (including phenoxy) is 4. The molecule has 174 valence electrons. The summed E-state index contributed by atoms with van der Waals surface area (Å²) in [7, 11) is -3.74. The molecule has 1 rings (SSSR count). The van der Waals surface area contributed by atoms with Crippen molar-refractivity contribution in [2.24, 2.45) is 0 Å². The average molecular weight is 558 g/mol. The van der Waals surface area contributed by atoms with Gasteiger partial charge in [0.05, 0.1) is 57.8 Å². The fourth-order valence-electron chi connectivity index (χ4n) is 2.39. The Hall–Kier alpha value is -0.300. The van der Waals surface area contributed by atoms with E-state index in [1.54, 1.807) is 12.1 Å². The van der Waals surface area contributed by atoms with E-state index < -0.39 is 10.1 Å². The van der Waals surface area contributed by atoms with E-state index >= 15 is 0 Å². The lowest BCUT2D eigenvalue weighted by atomic mass is 10.2. The molecule has 9 heteroatoms. The Morgan fingerprint density at radius 2 is 1.13 bits per heavy atom. The maximum absolute atomic E-state index is 12.0. The van der Waals surface area contributed by atoms with Crippen LogP contribution in [0.15, 0.2) is 29.2 Å². The number of rotatable bonds is 20. The number of hydrogen-bond acceptors (Lipinski definition) is 7. The molecule has 0 aromatic heterocycles. The topological polar surface area (TPSA) is 80.3 Å². The molecule has 0 atom stereocenters. The first kappa shape index (κ1) is 27.7. The van der Waals surface area contributed by atoms with Gasteiger partial charge in [0, 0.05) is 6.61 Å². The first-order valence-electron chi connectivity index (χ1n) is 10.4. The van der Waals surface area contributed by atoms with Crippen molar-refractivity contribution < 1.29 is 31.5 Å². The summed E-state index contributed by atoms with van der Waals surface area (Å²) in [6, 6.07) is 6.52. The molecule has 0 unspecified atom stereocenters. The molecule has 0 saturated carbocycles. The summed E-state index contributed by atoms with van der Waals surface area (Å²) < 4.78 is 51.8. The third kappa shape index (κ3) is 14.7. The SMILES string of the molecule is Cc1ccc(S(=O)(=O)OCCOCCOCCOCCOCCCCCCI)cc1. The minimum absolute atomic E-state index is 0.0302. The van der Waals surface area contributed by atoms with Crippen LogP contribution in [-0.4, -0.2) is 72.3 Å². The van der Waals surface area contributed by atoms with E-state index in [4.69, 9.17) is 23.1 Å². The Labute approximate surface area is 195 Å². The van der Waals surface area contributed by atoms with Gasteiger partial charge in [-0.2, -0.15) is 8.42 Å². The number of aryl methyl sites for hydroxylation is 1. The maximum atomic E-state index is 12.0. The van der Waals surface area contributed by atoms with Gasteiger partial charge in [-0.3, -0.25) is 4.18 Å². The van der Waals surface area contributed by atoms with Crippen LogP contribution in [0, 0.1) is 6.92 Å². The molecule has 0 heterocycles. The molecule has 1 aromatic rings. The van der Waals surface area contributed by atoms with Crippen molar-refractivity contribution in [1.29, 1.82) is 0 Å². The largest absolute Gasteiger partial charge is 0.379 e. The third-order valence-electron chi connectivity index (χ3n) is 4.06. The van der Waals surface area contributed by atoms with Gasteiger partial charge >= 0.3 is 0 Å². The van der Waals surface area contributed by atoms with Crippen molar-refractivity contribution in [2.45, 2.75) is 37.5 Å². The van der Waals surface area contributed by atoms with E-state index in [2.05, 4.69) is 22.6 Å². The molecule has 0 aliphatic heterocycles. The summed E-state index contributed by atoms with van der Waals surface area (Å²) in [5, 5.41) is 0. The lowest BCUT2D eigenvalue weighted by Gasteiger charge is -2.08. The van der Waals surface area contributed by atoms with Crippen molar-refractivity contribution in [3.63, 3.8) is 0 Å². The number of alkyl halides is 1. The first-order chi connectivity index (χ1) is 14.6. The van der Waals surface area contributed by atoms with Gasteiger partial charge < -0.3 is 18.9 Å². The Kier molecular flexibility index (Phi) is 16.9. The molecule has 0 fully saturated rings. The highest BCUT2D eigenvalue weighted by atomic mass is 127. The Balaban J connectivity index is 1.84. The standard InChI is InChI=1S/C21H35IO7S/c1-20-6-8-21(9-7-20)30(23,24)29-19-18-28-17-16-27-15-14-26-13-12-25-11-5-3-2-4-10-22/h6-9H,2-5,10-19H2,1H3. The fraction of sp³-hybridized carbons (Fsp3) is 0.714. The van der Waals surface area contributed by atoms with Crippen molar-refractivity contribution >= 4 is 32.7 Å². The van der Waals surface area contributed by atoms with E-state index in [0.29, 0.717) is 39.6 Å². The zero-order valence-corrected chi connectivity index (χ0v) is 20.8. The molecule has 0 bridgehead atoms. The summed E-state index contributed by atoms with van der Waals surface area (Å²) in [4.78, 5) is 0.147. The van der Waals surface area contributed by atoms with Crippen molar-refractivity contribution in [3.8, 4) is 0 Å². The molecule has 0 N–H and O–H groups in total. The molecule has 0 spiro atoms. The van der Waals surface area contributed by atoms with Gasteiger partial charge in [0.25, 0.3) is 10.1 Å². The highest BCUT2D eigenvalue weighted by molar-refractivity contribution is 14.1. The van der Waals surface area contributed by atoms with E-state index in [0.717, 1.165) is 18.6 Å². The van der Waals surface area contributed by atoms with Crippen LogP contribution < -0.4 is 0 Å².